The van der Waals surface area contributed by atoms with Gasteiger partial charge in [-0.1, -0.05) is 48.5 Å². The monoisotopic (exact) mass is 478 g/mol. The van der Waals surface area contributed by atoms with Crippen LogP contribution in [0.2, 0.25) is 0 Å². The van der Waals surface area contributed by atoms with Crippen molar-refractivity contribution in [1.29, 1.82) is 0 Å². The zero-order valence-electron chi connectivity index (χ0n) is 16.7. The summed E-state index contributed by atoms with van der Waals surface area (Å²) in [5.74, 6) is 0. The molecule has 8 aromatic rings. The molecule has 0 bridgehead atoms. The van der Waals surface area contributed by atoms with E-state index in [0.29, 0.717) is 0 Å². The predicted molar refractivity (Wildman–Crippen MR) is 148 cm³/mol. The van der Waals surface area contributed by atoms with Gasteiger partial charge in [0, 0.05) is 50.1 Å². The fourth-order valence-electron chi connectivity index (χ4n) is 4.90. The van der Waals surface area contributed by atoms with Crippen molar-refractivity contribution in [3.05, 3.63) is 83.6 Å². The quantitative estimate of drug-likeness (QED) is 0.220. The summed E-state index contributed by atoms with van der Waals surface area (Å²) < 4.78 is 5.59. The number of fused-ring (bicyclic) bond motifs is 10. The van der Waals surface area contributed by atoms with Gasteiger partial charge in [0.2, 0.25) is 0 Å². The minimum atomic E-state index is 1.34. The van der Waals surface area contributed by atoms with Crippen molar-refractivity contribution in [2.24, 2.45) is 0 Å². The molecular formula is C28H14S4. The molecule has 0 atom stereocenters. The van der Waals surface area contributed by atoms with E-state index < -0.39 is 0 Å². The number of rotatable bonds is 1. The van der Waals surface area contributed by atoms with Crippen LogP contribution >= 0.6 is 45.3 Å². The zero-order valence-corrected chi connectivity index (χ0v) is 20.0. The topological polar surface area (TPSA) is 0 Å². The third-order valence-corrected chi connectivity index (χ3v) is 10.9. The summed E-state index contributed by atoms with van der Waals surface area (Å²) in [5.41, 5.74) is 0. The Morgan fingerprint density at radius 2 is 0.781 bits per heavy atom. The van der Waals surface area contributed by atoms with Crippen LogP contribution in [0.5, 0.6) is 0 Å². The van der Waals surface area contributed by atoms with Crippen LogP contribution in [0.1, 0.15) is 0 Å². The molecule has 0 radical (unpaired) electrons. The Labute approximate surface area is 199 Å². The molecule has 150 valence electrons. The van der Waals surface area contributed by atoms with Crippen LogP contribution in [0.15, 0.2) is 83.6 Å². The molecule has 4 aromatic carbocycles. The summed E-state index contributed by atoms with van der Waals surface area (Å²) in [5, 5.41) is 15.3. The van der Waals surface area contributed by atoms with Gasteiger partial charge in [-0.25, -0.2) is 0 Å². The molecule has 4 heterocycles. The first-order chi connectivity index (χ1) is 15.8. The Kier molecular flexibility index (Phi) is 3.55. The molecule has 0 aliphatic carbocycles. The first-order valence-electron chi connectivity index (χ1n) is 10.5. The smallest absolute Gasteiger partial charge is 0.0455 e. The highest BCUT2D eigenvalue weighted by atomic mass is 32.1. The Balaban J connectivity index is 1.38. The number of benzene rings is 4. The maximum Gasteiger partial charge on any atom is 0.0455 e. The normalized spacial score (nSPS) is 12.4. The van der Waals surface area contributed by atoms with Gasteiger partial charge in [0.25, 0.3) is 0 Å². The zero-order chi connectivity index (χ0) is 20.8. The van der Waals surface area contributed by atoms with Gasteiger partial charge in [0.15, 0.2) is 0 Å². The van der Waals surface area contributed by atoms with Crippen LogP contribution in [0.3, 0.4) is 0 Å². The van der Waals surface area contributed by atoms with E-state index >= 15 is 0 Å². The van der Waals surface area contributed by atoms with E-state index in [-0.39, 0.29) is 0 Å². The van der Waals surface area contributed by atoms with Crippen molar-refractivity contribution in [3.8, 4) is 9.75 Å². The fourth-order valence-corrected chi connectivity index (χ4v) is 9.21. The minimum Gasteiger partial charge on any atom is -0.143 e. The number of thiophene rings is 4. The largest absolute Gasteiger partial charge is 0.143 e. The van der Waals surface area contributed by atoms with Crippen LogP contribution in [0, 0.1) is 0 Å². The van der Waals surface area contributed by atoms with Crippen molar-refractivity contribution in [3.63, 3.8) is 0 Å². The fraction of sp³-hybridized carbons (Fsp3) is 0. The highest BCUT2D eigenvalue weighted by Gasteiger charge is 2.14. The molecule has 4 heteroatoms. The van der Waals surface area contributed by atoms with Crippen LogP contribution < -0.4 is 0 Å². The molecular weight excluding hydrogens is 465 g/mol. The first kappa shape index (κ1) is 17.8. The van der Waals surface area contributed by atoms with Crippen LogP contribution in [0.4, 0.5) is 0 Å². The molecule has 0 fully saturated rings. The van der Waals surface area contributed by atoms with E-state index in [2.05, 4.69) is 83.6 Å². The third-order valence-electron chi connectivity index (χ3n) is 6.43. The van der Waals surface area contributed by atoms with Crippen molar-refractivity contribution >= 4 is 107 Å². The van der Waals surface area contributed by atoms with Crippen molar-refractivity contribution < 1.29 is 0 Å². The molecule has 32 heavy (non-hydrogen) atoms. The molecule has 8 rings (SSSR count). The molecule has 0 saturated heterocycles. The van der Waals surface area contributed by atoms with Gasteiger partial charge in [-0.3, -0.25) is 0 Å². The summed E-state index contributed by atoms with van der Waals surface area (Å²) in [6.45, 7) is 0. The average molecular weight is 479 g/mol. The molecule has 0 saturated carbocycles. The lowest BCUT2D eigenvalue weighted by molar-refractivity contribution is 1.91. The summed E-state index contributed by atoms with van der Waals surface area (Å²) in [6.07, 6.45) is 0. The highest BCUT2D eigenvalue weighted by Crippen LogP contribution is 2.45. The number of hydrogen-bond acceptors (Lipinski definition) is 4. The molecule has 4 aromatic heterocycles. The van der Waals surface area contributed by atoms with Crippen LogP contribution in [0.25, 0.3) is 71.6 Å². The van der Waals surface area contributed by atoms with Gasteiger partial charge in [0.1, 0.15) is 0 Å². The van der Waals surface area contributed by atoms with Gasteiger partial charge < -0.3 is 0 Å². The Hall–Kier alpha value is -2.76. The summed E-state index contributed by atoms with van der Waals surface area (Å²) in [4.78, 5) is 2.73. The van der Waals surface area contributed by atoms with Crippen molar-refractivity contribution in [2.45, 2.75) is 0 Å². The molecule has 0 amide bonds. The maximum atomic E-state index is 2.38. The molecule has 0 spiro atoms. The van der Waals surface area contributed by atoms with Gasteiger partial charge >= 0.3 is 0 Å². The second-order valence-corrected chi connectivity index (χ2v) is 12.1. The summed E-state index contributed by atoms with van der Waals surface area (Å²) >= 11 is 7.55. The Bertz CT molecular complexity index is 1840. The minimum absolute atomic E-state index is 1.34. The average Bonchev–Trinajstić information content (AvgIpc) is 3.61. The molecule has 0 N–H and O–H groups in total. The van der Waals surface area contributed by atoms with Crippen molar-refractivity contribution in [1.82, 2.24) is 0 Å². The lowest BCUT2D eigenvalue weighted by atomic mass is 10.1. The molecule has 0 nitrogen and oxygen atoms in total. The SMILES string of the molecule is c1cc2ccc3c(ccc4cc(-c5cc6ccc7c(ccc8ccsc87)c6s5)sc43)c2s1. The van der Waals surface area contributed by atoms with Crippen LogP contribution in [-0.2, 0) is 0 Å². The Morgan fingerprint density at radius 1 is 0.375 bits per heavy atom. The van der Waals surface area contributed by atoms with Crippen LogP contribution in [-0.4, -0.2) is 0 Å². The van der Waals surface area contributed by atoms with E-state index in [1.54, 1.807) is 0 Å². The molecule has 0 aliphatic rings. The highest BCUT2D eigenvalue weighted by molar-refractivity contribution is 7.29. The van der Waals surface area contributed by atoms with E-state index in [1.165, 1.54) is 71.6 Å². The van der Waals surface area contributed by atoms with Gasteiger partial charge in [0.05, 0.1) is 0 Å². The second kappa shape index (κ2) is 6.40. The molecule has 0 unspecified atom stereocenters. The molecule has 0 aliphatic heterocycles. The maximum absolute atomic E-state index is 2.38. The van der Waals surface area contributed by atoms with Gasteiger partial charge in [-0.05, 0) is 56.6 Å². The van der Waals surface area contributed by atoms with E-state index in [0.717, 1.165) is 0 Å². The van der Waals surface area contributed by atoms with Gasteiger partial charge in [-0.15, -0.1) is 45.3 Å². The Morgan fingerprint density at radius 3 is 1.25 bits per heavy atom. The number of hydrogen-bond donors (Lipinski definition) is 0. The third kappa shape index (κ3) is 2.36. The first-order valence-corrected chi connectivity index (χ1v) is 13.9. The van der Waals surface area contributed by atoms with Gasteiger partial charge in [-0.2, -0.15) is 0 Å². The van der Waals surface area contributed by atoms with E-state index in [4.69, 9.17) is 0 Å². The summed E-state index contributed by atoms with van der Waals surface area (Å²) in [7, 11) is 0. The summed E-state index contributed by atoms with van der Waals surface area (Å²) in [6, 6.07) is 27.5. The van der Waals surface area contributed by atoms with Crippen molar-refractivity contribution in [2.75, 3.05) is 0 Å². The standard InChI is InChI=1S/C28H14S4/c1-5-21-19(25-15(1)9-11-29-25)7-3-17-13-23(31-27(17)21)24-14-18-4-8-20-22(28(18)32-24)6-2-16-10-12-30-26(16)20/h1-14H. The lowest BCUT2D eigenvalue weighted by Crippen LogP contribution is -1.72. The van der Waals surface area contributed by atoms with E-state index in [9.17, 15) is 0 Å². The second-order valence-electron chi connectivity index (χ2n) is 8.19. The lowest BCUT2D eigenvalue weighted by Gasteiger charge is -2.01. The predicted octanol–water partition coefficient (Wildman–Crippen LogP) is 10.5. The van der Waals surface area contributed by atoms with E-state index in [1.807, 2.05) is 45.3 Å².